The molecule has 14 nitrogen and oxygen atoms in total. The van der Waals surface area contributed by atoms with E-state index < -0.39 is 0 Å². The van der Waals surface area contributed by atoms with Crippen molar-refractivity contribution in [2.24, 2.45) is 11.8 Å². The van der Waals surface area contributed by atoms with E-state index in [9.17, 15) is 14.4 Å². The van der Waals surface area contributed by atoms with Crippen LogP contribution in [-0.2, 0) is 11.3 Å². The number of rotatable bonds is 11. The van der Waals surface area contributed by atoms with E-state index in [1.165, 1.54) is 12.1 Å². The van der Waals surface area contributed by atoms with Crippen LogP contribution < -0.4 is 20.9 Å². The zero-order valence-corrected chi connectivity index (χ0v) is 31.4. The van der Waals surface area contributed by atoms with Gasteiger partial charge in [0.1, 0.15) is 5.69 Å². The van der Waals surface area contributed by atoms with Crippen molar-refractivity contribution in [3.05, 3.63) is 71.4 Å². The maximum atomic E-state index is 13.3. The predicted octanol–water partition coefficient (Wildman–Crippen LogP) is 5.30. The molecule has 0 unspecified atom stereocenters. The van der Waals surface area contributed by atoms with Crippen LogP contribution in [0.25, 0.3) is 11.1 Å². The topological polar surface area (TPSA) is 154 Å². The number of benzene rings is 1. The molecule has 6 heterocycles. The van der Waals surface area contributed by atoms with Crippen LogP contribution in [0.1, 0.15) is 103 Å². The van der Waals surface area contributed by atoms with Crippen LogP contribution >= 0.6 is 0 Å². The fraction of sp³-hybridized carbons (Fsp3) is 0.488. The van der Waals surface area contributed by atoms with Gasteiger partial charge in [-0.3, -0.25) is 24.0 Å². The fourth-order valence-electron chi connectivity index (χ4n) is 9.23. The lowest BCUT2D eigenvalue weighted by molar-refractivity contribution is -0.117. The van der Waals surface area contributed by atoms with Crippen LogP contribution in [0.4, 0.5) is 22.9 Å². The monoisotopic (exact) mass is 741 g/mol. The number of anilines is 4. The lowest BCUT2D eigenvalue weighted by Gasteiger charge is -2.43. The number of hydrogen-bond donors (Lipinski definition) is 3. The Morgan fingerprint density at radius 1 is 0.891 bits per heavy atom. The lowest BCUT2D eigenvalue weighted by Crippen LogP contribution is -2.48. The van der Waals surface area contributed by atoms with E-state index in [2.05, 4.69) is 65.6 Å². The second-order valence-electron chi connectivity index (χ2n) is 16.4. The Morgan fingerprint density at radius 2 is 1.73 bits per heavy atom. The summed E-state index contributed by atoms with van der Waals surface area (Å²) >= 11 is 0. The second kappa shape index (κ2) is 13.4. The van der Waals surface area contributed by atoms with E-state index in [1.54, 1.807) is 6.07 Å². The molecule has 2 saturated heterocycles. The van der Waals surface area contributed by atoms with Gasteiger partial charge in [0.25, 0.3) is 11.8 Å². The van der Waals surface area contributed by atoms with E-state index in [-0.39, 0.29) is 47.5 Å². The average Bonchev–Trinajstić information content (AvgIpc) is 4.07. The highest BCUT2D eigenvalue weighted by molar-refractivity contribution is 6.01. The fourth-order valence-corrected chi connectivity index (χ4v) is 9.23. The molecule has 1 aromatic carbocycles. The van der Waals surface area contributed by atoms with Crippen LogP contribution in [-0.4, -0.2) is 91.2 Å². The first kappa shape index (κ1) is 34.1. The minimum absolute atomic E-state index is 0.00973. The van der Waals surface area contributed by atoms with E-state index in [1.807, 2.05) is 36.5 Å². The molecule has 3 aliphatic heterocycles. The quantitative estimate of drug-likeness (QED) is 0.185. The number of piperidine rings is 1. The number of hydrogen-bond acceptors (Lipinski definition) is 10. The number of para-hydroxylation sites is 1. The SMILES string of the molecule is CC[C@H]1c2c(cnn2C2CN(Cc3cccc(C(=O)N4C[C@@H]5CC[C@H]4C5)n3)C2)-c2cccc(Nc3cc(NC(=O)C4CC4)nnc3C(=O)NC3CC3)c2N1C. The number of fused-ring (bicyclic) bond motifs is 5. The Bertz CT molecular complexity index is 2190. The molecule has 3 atom stereocenters. The van der Waals surface area contributed by atoms with Gasteiger partial charge in [0.05, 0.1) is 46.7 Å². The molecule has 3 N–H and O–H groups in total. The molecule has 3 saturated carbocycles. The number of carbonyl (C=O) groups excluding carboxylic acids is 3. The summed E-state index contributed by atoms with van der Waals surface area (Å²) in [5, 5.41) is 23.0. The Balaban J connectivity index is 0.883. The summed E-state index contributed by atoms with van der Waals surface area (Å²) in [7, 11) is 2.12. The molecule has 10 rings (SSSR count). The van der Waals surface area contributed by atoms with Gasteiger partial charge in [0, 0.05) is 68.4 Å². The number of pyridine rings is 1. The van der Waals surface area contributed by atoms with Crippen LogP contribution in [0, 0.1) is 11.8 Å². The standard InChI is InChI=1S/C41H47N11O3/c1-3-34-38-30(18-42-52(38)28-21-50(22-28)20-26-6-4-9-32(43-26)41(55)51-19-23-10-15-27(51)16-23)29-7-5-8-31(37(29)49(34)2)45-33-17-35(46-39(53)24-11-12-24)47-48-36(33)40(54)44-25-13-14-25/h4-9,17-18,23-25,27-28,34H,3,10-16,19-22H2,1-2H3,(H,44,54)(H2,45,46,47,53)/t23-,27+,34+/m1/s1. The molecule has 5 fully saturated rings. The highest BCUT2D eigenvalue weighted by Gasteiger charge is 2.42. The maximum Gasteiger partial charge on any atom is 0.274 e. The Kier molecular flexibility index (Phi) is 8.34. The third kappa shape index (κ3) is 6.29. The van der Waals surface area contributed by atoms with Crippen molar-refractivity contribution in [3.8, 4) is 11.1 Å². The molecule has 3 amide bonds. The van der Waals surface area contributed by atoms with Gasteiger partial charge in [-0.25, -0.2) is 4.98 Å². The average molecular weight is 742 g/mol. The maximum absolute atomic E-state index is 13.3. The Morgan fingerprint density at radius 3 is 2.47 bits per heavy atom. The van der Waals surface area contributed by atoms with Gasteiger partial charge >= 0.3 is 0 Å². The number of likely N-dealkylation sites (tertiary alicyclic amines) is 2. The van der Waals surface area contributed by atoms with Crippen molar-refractivity contribution >= 4 is 40.6 Å². The van der Waals surface area contributed by atoms with Crippen LogP contribution in [0.15, 0.2) is 48.7 Å². The van der Waals surface area contributed by atoms with Gasteiger partial charge in [0.15, 0.2) is 11.5 Å². The summed E-state index contributed by atoms with van der Waals surface area (Å²) in [6.45, 7) is 5.46. The summed E-state index contributed by atoms with van der Waals surface area (Å²) in [5.41, 5.74) is 7.34. The smallest absolute Gasteiger partial charge is 0.274 e. The van der Waals surface area contributed by atoms with Crippen molar-refractivity contribution < 1.29 is 14.4 Å². The third-order valence-electron chi connectivity index (χ3n) is 12.4. The molecule has 6 aliphatic rings. The summed E-state index contributed by atoms with van der Waals surface area (Å²) < 4.78 is 2.22. The summed E-state index contributed by atoms with van der Waals surface area (Å²) in [4.78, 5) is 50.8. The minimum Gasteiger partial charge on any atom is -0.364 e. The van der Waals surface area contributed by atoms with E-state index >= 15 is 0 Å². The van der Waals surface area contributed by atoms with Crippen molar-refractivity contribution in [1.29, 1.82) is 0 Å². The Labute approximate surface area is 320 Å². The molecule has 0 spiro atoms. The van der Waals surface area contributed by atoms with E-state index in [0.717, 1.165) is 92.8 Å². The molecule has 3 aliphatic carbocycles. The van der Waals surface area contributed by atoms with Crippen LogP contribution in [0.3, 0.4) is 0 Å². The highest BCUT2D eigenvalue weighted by Crippen LogP contribution is 2.50. The lowest BCUT2D eigenvalue weighted by atomic mass is 9.91. The molecule has 4 aromatic rings. The largest absolute Gasteiger partial charge is 0.364 e. The highest BCUT2D eigenvalue weighted by atomic mass is 16.2. The molecule has 55 heavy (non-hydrogen) atoms. The summed E-state index contributed by atoms with van der Waals surface area (Å²) in [6, 6.07) is 14.5. The summed E-state index contributed by atoms with van der Waals surface area (Å²) in [6.07, 6.45) is 10.0. The number of nitrogens with one attached hydrogen (secondary N) is 3. The number of aromatic nitrogens is 5. The first-order chi connectivity index (χ1) is 26.8. The molecule has 3 aromatic heterocycles. The van der Waals surface area contributed by atoms with Crippen molar-refractivity contribution in [3.63, 3.8) is 0 Å². The van der Waals surface area contributed by atoms with Gasteiger partial charge < -0.3 is 25.8 Å². The van der Waals surface area contributed by atoms with Gasteiger partial charge in [-0.15, -0.1) is 10.2 Å². The molecule has 2 bridgehead atoms. The number of amides is 3. The van der Waals surface area contributed by atoms with Crippen LogP contribution in [0.2, 0.25) is 0 Å². The molecule has 14 heteroatoms. The predicted molar refractivity (Wildman–Crippen MR) is 207 cm³/mol. The van der Waals surface area contributed by atoms with Crippen molar-refractivity contribution in [1.82, 2.24) is 40.1 Å². The normalized spacial score (nSPS) is 22.9. The zero-order valence-electron chi connectivity index (χ0n) is 31.4. The van der Waals surface area contributed by atoms with Crippen LogP contribution in [0.5, 0.6) is 0 Å². The number of nitrogens with zero attached hydrogens (tertiary/aromatic N) is 8. The van der Waals surface area contributed by atoms with Gasteiger partial charge in [-0.1, -0.05) is 25.1 Å². The minimum atomic E-state index is -0.286. The van der Waals surface area contributed by atoms with E-state index in [0.29, 0.717) is 35.7 Å². The first-order valence-electron chi connectivity index (χ1n) is 20.0. The molecular weight excluding hydrogens is 695 g/mol. The zero-order chi connectivity index (χ0) is 37.4. The first-order valence-corrected chi connectivity index (χ1v) is 20.0. The summed E-state index contributed by atoms with van der Waals surface area (Å²) in [5.74, 6) is 0.704. The Hall–Kier alpha value is -5.37. The van der Waals surface area contributed by atoms with Crippen molar-refractivity contribution in [2.45, 2.75) is 89.0 Å². The molecule has 284 valence electrons. The van der Waals surface area contributed by atoms with Gasteiger partial charge in [-0.2, -0.15) is 5.10 Å². The van der Waals surface area contributed by atoms with Gasteiger partial charge in [0.2, 0.25) is 5.91 Å². The number of carbonyl (C=O) groups is 3. The van der Waals surface area contributed by atoms with Crippen molar-refractivity contribution in [2.75, 3.05) is 42.2 Å². The molecule has 0 radical (unpaired) electrons. The van der Waals surface area contributed by atoms with E-state index in [4.69, 9.17) is 10.1 Å². The molecular formula is C41H47N11O3. The van der Waals surface area contributed by atoms with Gasteiger partial charge in [-0.05, 0) is 75.5 Å². The second-order valence-corrected chi connectivity index (χ2v) is 16.4. The third-order valence-corrected chi connectivity index (χ3v) is 12.4.